The monoisotopic (exact) mass is 238 g/mol. The molecule has 1 amide bonds. The molecular weight excluding hydrogens is 220 g/mol. The normalized spacial score (nSPS) is 17.4. The molecule has 1 fully saturated rings. The fraction of sp³-hybridized carbons (Fsp3) is 0.636. The van der Waals surface area contributed by atoms with E-state index >= 15 is 0 Å². The molecule has 1 saturated heterocycles. The first-order chi connectivity index (χ1) is 8.08. The number of piperazine rings is 1. The van der Waals surface area contributed by atoms with E-state index in [0.717, 1.165) is 26.2 Å². The summed E-state index contributed by atoms with van der Waals surface area (Å²) >= 11 is 0. The molecule has 0 radical (unpaired) electrons. The summed E-state index contributed by atoms with van der Waals surface area (Å²) in [5.74, 6) is 0.0198. The molecule has 1 aliphatic rings. The molecule has 6 nitrogen and oxygen atoms in total. The van der Waals surface area contributed by atoms with Crippen LogP contribution in [-0.2, 0) is 18.4 Å². The third kappa shape index (κ3) is 2.58. The molecule has 0 N–H and O–H groups in total. The number of carbonyl (C=O) groups excluding carboxylic acids is 1. The second-order valence-corrected chi connectivity index (χ2v) is 4.50. The molecule has 0 unspecified atom stereocenters. The number of carbonyl (C=O) groups is 1. The topological polar surface area (TPSA) is 50.5 Å². The van der Waals surface area contributed by atoms with Crippen molar-refractivity contribution in [1.82, 2.24) is 18.9 Å². The van der Waals surface area contributed by atoms with Crippen LogP contribution in [0.2, 0.25) is 0 Å². The largest absolute Gasteiger partial charge is 0.339 e. The summed E-state index contributed by atoms with van der Waals surface area (Å²) < 4.78 is 2.91. The van der Waals surface area contributed by atoms with E-state index in [1.54, 1.807) is 19.4 Å². The summed E-state index contributed by atoms with van der Waals surface area (Å²) in [5.41, 5.74) is -0.146. The number of hydrogen-bond donors (Lipinski definition) is 0. The van der Waals surface area contributed by atoms with Crippen molar-refractivity contribution in [2.24, 2.45) is 7.05 Å². The number of amides is 1. The number of aromatic nitrogens is 2. The van der Waals surface area contributed by atoms with Crippen LogP contribution in [0.3, 0.4) is 0 Å². The van der Waals surface area contributed by atoms with E-state index in [1.165, 1.54) is 9.13 Å². The van der Waals surface area contributed by atoms with Crippen molar-refractivity contribution in [2.75, 3.05) is 33.2 Å². The van der Waals surface area contributed by atoms with Gasteiger partial charge in [-0.15, -0.1) is 0 Å². The van der Waals surface area contributed by atoms with Crippen LogP contribution in [0.1, 0.15) is 0 Å². The van der Waals surface area contributed by atoms with Gasteiger partial charge in [-0.25, -0.2) is 4.79 Å². The van der Waals surface area contributed by atoms with Crippen LogP contribution in [-0.4, -0.2) is 58.1 Å². The highest BCUT2D eigenvalue weighted by atomic mass is 16.2. The van der Waals surface area contributed by atoms with E-state index in [9.17, 15) is 9.59 Å². The Morgan fingerprint density at radius 2 is 1.82 bits per heavy atom. The number of rotatable bonds is 2. The molecule has 0 aliphatic carbocycles. The third-order valence-corrected chi connectivity index (χ3v) is 3.18. The van der Waals surface area contributed by atoms with E-state index in [4.69, 9.17) is 0 Å². The van der Waals surface area contributed by atoms with E-state index in [-0.39, 0.29) is 18.1 Å². The van der Waals surface area contributed by atoms with Crippen LogP contribution in [0.5, 0.6) is 0 Å². The summed E-state index contributed by atoms with van der Waals surface area (Å²) in [6.45, 7) is 3.43. The highest BCUT2D eigenvalue weighted by Crippen LogP contribution is 2.00. The maximum absolute atomic E-state index is 12.0. The summed E-state index contributed by atoms with van der Waals surface area (Å²) in [5, 5.41) is 0. The Hall–Kier alpha value is -1.56. The highest BCUT2D eigenvalue weighted by Gasteiger charge is 2.19. The number of imidazole rings is 1. The smallest absolute Gasteiger partial charge is 0.328 e. The molecule has 94 valence electrons. The van der Waals surface area contributed by atoms with Gasteiger partial charge in [0, 0.05) is 45.6 Å². The molecule has 1 aliphatic heterocycles. The first-order valence-electron chi connectivity index (χ1n) is 5.76. The van der Waals surface area contributed by atoms with Crippen molar-refractivity contribution < 1.29 is 4.79 Å². The van der Waals surface area contributed by atoms with Crippen molar-refractivity contribution in [2.45, 2.75) is 6.54 Å². The molecular formula is C11H18N4O2. The van der Waals surface area contributed by atoms with Crippen LogP contribution in [0.15, 0.2) is 17.2 Å². The maximum Gasteiger partial charge on any atom is 0.328 e. The first kappa shape index (κ1) is 11.9. The standard InChI is InChI=1S/C11H18N4O2/c1-12-3-6-14(7-4-12)10(16)9-15-8-5-13(2)11(15)17/h5,8H,3-4,6-7,9H2,1-2H3. The maximum atomic E-state index is 12.0. The van der Waals surface area contributed by atoms with Gasteiger partial charge in [0.25, 0.3) is 0 Å². The van der Waals surface area contributed by atoms with E-state index in [1.807, 2.05) is 11.9 Å². The second-order valence-electron chi connectivity index (χ2n) is 4.50. The van der Waals surface area contributed by atoms with Crippen LogP contribution in [0, 0.1) is 0 Å². The quantitative estimate of drug-likeness (QED) is 0.661. The van der Waals surface area contributed by atoms with E-state index < -0.39 is 0 Å². The summed E-state index contributed by atoms with van der Waals surface area (Å²) in [7, 11) is 3.72. The molecule has 2 rings (SSSR count). The lowest BCUT2D eigenvalue weighted by Crippen LogP contribution is -2.48. The molecule has 17 heavy (non-hydrogen) atoms. The van der Waals surface area contributed by atoms with Crippen molar-refractivity contribution in [3.8, 4) is 0 Å². The Morgan fingerprint density at radius 3 is 2.35 bits per heavy atom. The lowest BCUT2D eigenvalue weighted by atomic mass is 10.3. The summed E-state index contributed by atoms with van der Waals surface area (Å²) in [6, 6.07) is 0. The number of hydrogen-bond acceptors (Lipinski definition) is 3. The van der Waals surface area contributed by atoms with Crippen molar-refractivity contribution in [3.63, 3.8) is 0 Å². The van der Waals surface area contributed by atoms with Gasteiger partial charge in [-0.3, -0.25) is 9.36 Å². The van der Waals surface area contributed by atoms with Crippen LogP contribution in [0.4, 0.5) is 0 Å². The molecule has 0 spiro atoms. The minimum absolute atomic E-state index is 0.0198. The molecule has 1 aromatic rings. The predicted molar refractivity (Wildman–Crippen MR) is 63.8 cm³/mol. The summed E-state index contributed by atoms with van der Waals surface area (Å²) in [4.78, 5) is 27.6. The minimum Gasteiger partial charge on any atom is -0.339 e. The lowest BCUT2D eigenvalue weighted by Gasteiger charge is -2.32. The number of nitrogens with zero attached hydrogens (tertiary/aromatic N) is 4. The molecule has 0 saturated carbocycles. The first-order valence-corrected chi connectivity index (χ1v) is 5.76. The zero-order chi connectivity index (χ0) is 12.4. The van der Waals surface area contributed by atoms with Crippen LogP contribution >= 0.6 is 0 Å². The fourth-order valence-electron chi connectivity index (χ4n) is 1.93. The Morgan fingerprint density at radius 1 is 1.18 bits per heavy atom. The SMILES string of the molecule is CN1CCN(C(=O)Cn2ccn(C)c2=O)CC1. The van der Waals surface area contributed by atoms with Gasteiger partial charge in [-0.1, -0.05) is 0 Å². The number of aryl methyl sites for hydroxylation is 1. The number of likely N-dealkylation sites (N-methyl/N-ethyl adjacent to an activating group) is 1. The zero-order valence-electron chi connectivity index (χ0n) is 10.3. The molecule has 2 heterocycles. The lowest BCUT2D eigenvalue weighted by molar-refractivity contribution is -0.133. The minimum atomic E-state index is -0.146. The predicted octanol–water partition coefficient (Wildman–Crippen LogP) is -1.04. The van der Waals surface area contributed by atoms with Gasteiger partial charge in [-0.2, -0.15) is 0 Å². The van der Waals surface area contributed by atoms with Gasteiger partial charge in [0.05, 0.1) is 0 Å². The van der Waals surface area contributed by atoms with E-state index in [0.29, 0.717) is 0 Å². The van der Waals surface area contributed by atoms with Crippen LogP contribution in [0.25, 0.3) is 0 Å². The summed E-state index contributed by atoms with van der Waals surface area (Å²) in [6.07, 6.45) is 3.32. The van der Waals surface area contributed by atoms with Gasteiger partial charge in [0.1, 0.15) is 6.54 Å². The highest BCUT2D eigenvalue weighted by molar-refractivity contribution is 5.76. The molecule has 0 bridgehead atoms. The molecule has 6 heteroatoms. The Balaban J connectivity index is 1.98. The van der Waals surface area contributed by atoms with E-state index in [2.05, 4.69) is 4.90 Å². The van der Waals surface area contributed by atoms with Gasteiger partial charge < -0.3 is 14.4 Å². The van der Waals surface area contributed by atoms with Crippen molar-refractivity contribution >= 4 is 5.91 Å². The third-order valence-electron chi connectivity index (χ3n) is 3.18. The average molecular weight is 238 g/mol. The fourth-order valence-corrected chi connectivity index (χ4v) is 1.93. The van der Waals surface area contributed by atoms with Gasteiger partial charge in [-0.05, 0) is 7.05 Å². The van der Waals surface area contributed by atoms with Crippen molar-refractivity contribution in [3.05, 3.63) is 22.9 Å². The molecule has 1 aromatic heterocycles. The molecule has 0 atom stereocenters. The zero-order valence-corrected chi connectivity index (χ0v) is 10.3. The van der Waals surface area contributed by atoms with Gasteiger partial charge in [0.2, 0.25) is 5.91 Å². The Bertz CT molecular complexity index is 454. The Labute approximate surface area is 100 Å². The van der Waals surface area contributed by atoms with Gasteiger partial charge >= 0.3 is 5.69 Å². The average Bonchev–Trinajstić information content (AvgIpc) is 2.62. The Kier molecular flexibility index (Phi) is 3.33. The molecule has 0 aromatic carbocycles. The van der Waals surface area contributed by atoms with Crippen molar-refractivity contribution in [1.29, 1.82) is 0 Å². The van der Waals surface area contributed by atoms with Crippen LogP contribution < -0.4 is 5.69 Å². The van der Waals surface area contributed by atoms with Gasteiger partial charge in [0.15, 0.2) is 0 Å². The second kappa shape index (κ2) is 4.75.